The monoisotopic (exact) mass is 184 g/mol. The fourth-order valence-corrected chi connectivity index (χ4v) is 2.39. The largest absolute Gasteiger partial charge is 0.102 e. The van der Waals surface area contributed by atoms with Gasteiger partial charge in [0, 0.05) is 5.92 Å². The van der Waals surface area contributed by atoms with Crippen LogP contribution in [0.1, 0.15) is 24.0 Å². The van der Waals surface area contributed by atoms with Crippen molar-refractivity contribution in [2.75, 3.05) is 0 Å². The Morgan fingerprint density at radius 3 is 2.86 bits per heavy atom. The lowest BCUT2D eigenvalue weighted by atomic mass is 9.92. The summed E-state index contributed by atoms with van der Waals surface area (Å²) < 4.78 is 0. The Morgan fingerprint density at radius 2 is 2.14 bits per heavy atom. The summed E-state index contributed by atoms with van der Waals surface area (Å²) in [7, 11) is 0. The van der Waals surface area contributed by atoms with Crippen LogP contribution < -0.4 is 0 Å². The predicted octanol–water partition coefficient (Wildman–Crippen LogP) is 3.70. The molecule has 0 spiro atoms. The molecule has 1 aromatic rings. The van der Waals surface area contributed by atoms with Crippen molar-refractivity contribution in [3.63, 3.8) is 0 Å². The summed E-state index contributed by atoms with van der Waals surface area (Å²) in [4.78, 5) is 0. The third-order valence-electron chi connectivity index (χ3n) is 3.02. The maximum atomic E-state index is 3.94. The van der Waals surface area contributed by atoms with Gasteiger partial charge in [0.05, 0.1) is 0 Å². The van der Waals surface area contributed by atoms with Crippen LogP contribution in [0.3, 0.4) is 0 Å². The van der Waals surface area contributed by atoms with Gasteiger partial charge in [-0.1, -0.05) is 42.5 Å². The standard InChI is InChI=1S/C14H16/c1-3-7-11-10-12-8-5-6-9-14(12)13(11)4-2/h3-9,11,13H,2,10H2,1H3/b7-3-. The summed E-state index contributed by atoms with van der Waals surface area (Å²) in [5.74, 6) is 1.14. The zero-order valence-electron chi connectivity index (χ0n) is 8.61. The second kappa shape index (κ2) is 3.83. The molecular formula is C14H16. The van der Waals surface area contributed by atoms with Crippen LogP contribution >= 0.6 is 0 Å². The molecule has 0 amide bonds. The van der Waals surface area contributed by atoms with Crippen LogP contribution in [-0.2, 0) is 6.42 Å². The Hall–Kier alpha value is -1.30. The Bertz CT molecular complexity index is 360. The third kappa shape index (κ3) is 1.41. The Morgan fingerprint density at radius 1 is 1.36 bits per heavy atom. The van der Waals surface area contributed by atoms with Crippen LogP contribution in [0, 0.1) is 5.92 Å². The highest BCUT2D eigenvalue weighted by Crippen LogP contribution is 2.39. The van der Waals surface area contributed by atoms with Gasteiger partial charge >= 0.3 is 0 Å². The van der Waals surface area contributed by atoms with E-state index in [0.717, 1.165) is 6.42 Å². The summed E-state index contributed by atoms with van der Waals surface area (Å²) in [5.41, 5.74) is 2.95. The lowest BCUT2D eigenvalue weighted by Gasteiger charge is -2.11. The molecule has 1 aromatic carbocycles. The van der Waals surface area contributed by atoms with E-state index in [1.54, 1.807) is 0 Å². The number of fused-ring (bicyclic) bond motifs is 1. The number of hydrogen-bond acceptors (Lipinski definition) is 0. The first-order chi connectivity index (χ1) is 6.86. The molecule has 0 saturated heterocycles. The van der Waals surface area contributed by atoms with E-state index in [1.807, 2.05) is 0 Å². The van der Waals surface area contributed by atoms with E-state index < -0.39 is 0 Å². The van der Waals surface area contributed by atoms with Crippen LogP contribution in [0.4, 0.5) is 0 Å². The predicted molar refractivity (Wildman–Crippen MR) is 61.4 cm³/mol. The van der Waals surface area contributed by atoms with Crippen molar-refractivity contribution < 1.29 is 0 Å². The van der Waals surface area contributed by atoms with Crippen LogP contribution in [-0.4, -0.2) is 0 Å². The van der Waals surface area contributed by atoms with Gasteiger partial charge in [-0.2, -0.15) is 0 Å². The zero-order valence-corrected chi connectivity index (χ0v) is 8.61. The molecule has 14 heavy (non-hydrogen) atoms. The molecule has 0 bridgehead atoms. The summed E-state index contributed by atoms with van der Waals surface area (Å²) in [6, 6.07) is 8.70. The Balaban J connectivity index is 2.38. The lowest BCUT2D eigenvalue weighted by molar-refractivity contribution is 0.636. The fourth-order valence-electron chi connectivity index (χ4n) is 2.39. The van der Waals surface area contributed by atoms with Crippen LogP contribution in [0.25, 0.3) is 0 Å². The first-order valence-electron chi connectivity index (χ1n) is 5.20. The van der Waals surface area contributed by atoms with Crippen molar-refractivity contribution in [3.8, 4) is 0 Å². The van der Waals surface area contributed by atoms with Gasteiger partial charge in [0.15, 0.2) is 0 Å². The molecule has 0 aliphatic heterocycles. The summed E-state index contributed by atoms with van der Waals surface area (Å²) in [5, 5.41) is 0. The maximum Gasteiger partial charge on any atom is 0.00841 e. The summed E-state index contributed by atoms with van der Waals surface area (Å²) >= 11 is 0. The smallest absolute Gasteiger partial charge is 0.00841 e. The number of hydrogen-bond donors (Lipinski definition) is 0. The van der Waals surface area contributed by atoms with Gasteiger partial charge < -0.3 is 0 Å². The van der Waals surface area contributed by atoms with Crippen molar-refractivity contribution in [2.45, 2.75) is 19.3 Å². The molecule has 0 heterocycles. The minimum atomic E-state index is 0.516. The number of allylic oxidation sites excluding steroid dienone is 3. The molecule has 1 aliphatic carbocycles. The topological polar surface area (TPSA) is 0 Å². The first kappa shape index (κ1) is 9.26. The quantitative estimate of drug-likeness (QED) is 0.615. The van der Waals surface area contributed by atoms with Crippen LogP contribution in [0.5, 0.6) is 0 Å². The van der Waals surface area contributed by atoms with E-state index >= 15 is 0 Å². The lowest BCUT2D eigenvalue weighted by Crippen LogP contribution is -2.01. The van der Waals surface area contributed by atoms with Crippen molar-refractivity contribution >= 4 is 0 Å². The molecule has 0 saturated carbocycles. The second-order valence-electron chi connectivity index (χ2n) is 3.85. The molecule has 2 unspecified atom stereocenters. The summed E-state index contributed by atoms with van der Waals surface area (Å²) in [6.45, 7) is 6.03. The highest BCUT2D eigenvalue weighted by Gasteiger charge is 2.27. The van der Waals surface area contributed by atoms with Gasteiger partial charge in [0.2, 0.25) is 0 Å². The minimum Gasteiger partial charge on any atom is -0.102 e. The fraction of sp³-hybridized carbons (Fsp3) is 0.286. The molecule has 0 aromatic heterocycles. The number of benzene rings is 1. The van der Waals surface area contributed by atoms with Gasteiger partial charge in [-0.3, -0.25) is 0 Å². The van der Waals surface area contributed by atoms with Gasteiger partial charge in [-0.25, -0.2) is 0 Å². The molecule has 0 radical (unpaired) electrons. The number of rotatable bonds is 2. The van der Waals surface area contributed by atoms with Crippen LogP contribution in [0.2, 0.25) is 0 Å². The van der Waals surface area contributed by atoms with E-state index in [9.17, 15) is 0 Å². The molecule has 72 valence electrons. The molecule has 0 N–H and O–H groups in total. The van der Waals surface area contributed by atoms with E-state index in [4.69, 9.17) is 0 Å². The molecule has 2 atom stereocenters. The van der Waals surface area contributed by atoms with Gasteiger partial charge in [0.1, 0.15) is 0 Å². The SMILES string of the molecule is C=CC1c2ccccc2CC1/C=C\C. The summed E-state index contributed by atoms with van der Waals surface area (Å²) in [6.07, 6.45) is 7.69. The van der Waals surface area contributed by atoms with Crippen molar-refractivity contribution in [1.29, 1.82) is 0 Å². The molecule has 0 fully saturated rings. The highest BCUT2D eigenvalue weighted by atomic mass is 14.3. The van der Waals surface area contributed by atoms with Crippen molar-refractivity contribution in [3.05, 3.63) is 60.2 Å². The average molecular weight is 184 g/mol. The van der Waals surface area contributed by atoms with E-state index in [0.29, 0.717) is 11.8 Å². The maximum absolute atomic E-state index is 3.94. The van der Waals surface area contributed by atoms with E-state index in [1.165, 1.54) is 11.1 Å². The van der Waals surface area contributed by atoms with E-state index in [-0.39, 0.29) is 0 Å². The molecule has 0 nitrogen and oxygen atoms in total. The Kier molecular flexibility index (Phi) is 2.53. The van der Waals surface area contributed by atoms with Gasteiger partial charge in [0.25, 0.3) is 0 Å². The van der Waals surface area contributed by atoms with Crippen molar-refractivity contribution in [2.24, 2.45) is 5.92 Å². The highest BCUT2D eigenvalue weighted by molar-refractivity contribution is 5.40. The zero-order chi connectivity index (χ0) is 9.97. The molecular weight excluding hydrogens is 168 g/mol. The normalized spacial score (nSPS) is 25.2. The van der Waals surface area contributed by atoms with E-state index in [2.05, 4.69) is 56.0 Å². The first-order valence-corrected chi connectivity index (χ1v) is 5.20. The molecule has 1 aliphatic rings. The van der Waals surface area contributed by atoms with Gasteiger partial charge in [-0.15, -0.1) is 6.58 Å². The molecule has 2 rings (SSSR count). The third-order valence-corrected chi connectivity index (χ3v) is 3.02. The van der Waals surface area contributed by atoms with Gasteiger partial charge in [-0.05, 0) is 30.4 Å². The van der Waals surface area contributed by atoms with Crippen molar-refractivity contribution in [1.82, 2.24) is 0 Å². The Labute approximate surface area is 86.0 Å². The second-order valence-corrected chi connectivity index (χ2v) is 3.85. The average Bonchev–Trinajstić information content (AvgIpc) is 2.55. The molecule has 0 heteroatoms. The minimum absolute atomic E-state index is 0.516. The van der Waals surface area contributed by atoms with Crippen LogP contribution in [0.15, 0.2) is 49.1 Å².